The summed E-state index contributed by atoms with van der Waals surface area (Å²) in [6.07, 6.45) is 13.2. The fourth-order valence-corrected chi connectivity index (χ4v) is 3.73. The molecule has 0 saturated heterocycles. The molecular weight excluding hydrogens is 472 g/mol. The third kappa shape index (κ3) is 15.1. The zero-order valence-electron chi connectivity index (χ0n) is 21.2. The maximum absolute atomic E-state index is 11.3. The Morgan fingerprint density at radius 2 is 1.20 bits per heavy atom. The molecule has 2 rings (SSSR count). The summed E-state index contributed by atoms with van der Waals surface area (Å²) in [5.41, 5.74) is 1.85. The zero-order valence-corrected chi connectivity index (χ0v) is 23.4. The fourth-order valence-electron chi connectivity index (χ4n) is 3.73. The molecule has 0 atom stereocenters. The minimum absolute atomic E-state index is 0. The number of carbonyl (C=O) groups excluding carboxylic acids is 1. The van der Waals surface area contributed by atoms with Crippen molar-refractivity contribution in [1.29, 1.82) is 0 Å². The molecule has 2 aromatic carbocycles. The number of rotatable bonds is 14. The Hall–Kier alpha value is -1.76. The maximum atomic E-state index is 11.3. The normalized spacial score (nSPS) is 10.1. The Balaban J connectivity index is 0.000000642. The molecule has 0 saturated carbocycles. The molecule has 0 radical (unpaired) electrons. The van der Waals surface area contributed by atoms with Crippen LogP contribution in [0, 0.1) is 0 Å². The van der Waals surface area contributed by atoms with E-state index in [2.05, 4.69) is 13.8 Å². The van der Waals surface area contributed by atoms with Crippen molar-refractivity contribution in [3.63, 3.8) is 0 Å². The van der Waals surface area contributed by atoms with Gasteiger partial charge in [-0.05, 0) is 66.6 Å². The Kier molecular flexibility index (Phi) is 18.5. The molecule has 0 heterocycles. The summed E-state index contributed by atoms with van der Waals surface area (Å²) >= 11 is 0. The summed E-state index contributed by atoms with van der Waals surface area (Å²) in [6.45, 7) is 4.33. The van der Waals surface area contributed by atoms with Gasteiger partial charge in [-0.1, -0.05) is 77.3 Å². The number of aryl methyl sites for hydroxylation is 2. The van der Waals surface area contributed by atoms with Crippen LogP contribution in [0.2, 0.25) is 0 Å². The van der Waals surface area contributed by atoms with Gasteiger partial charge in [0.15, 0.2) is 0 Å². The molecule has 0 aliphatic heterocycles. The number of aromatic hydroxyl groups is 1. The van der Waals surface area contributed by atoms with Gasteiger partial charge in [0.05, 0.1) is 11.5 Å². The van der Waals surface area contributed by atoms with Crippen LogP contribution in [0.15, 0.2) is 36.4 Å². The van der Waals surface area contributed by atoms with E-state index in [9.17, 15) is 24.9 Å². The average molecular weight is 511 g/mol. The third-order valence-corrected chi connectivity index (χ3v) is 5.56. The standard InChI is InChI=1S/2C14H20O3.Ca/c2*1-2-3-4-5-6-7-11-8-12(14(16)17)10-13(15)9-11;/h2*8-10,15H,2-7H2,1H3,(H,16,17);/q;;+2/p-2. The molecule has 188 valence electrons. The predicted molar refractivity (Wildman–Crippen MR) is 136 cm³/mol. The number of phenolic OH excluding ortho intramolecular Hbond substituents is 1. The van der Waals surface area contributed by atoms with Crippen molar-refractivity contribution in [2.75, 3.05) is 0 Å². The molecular formula is C28H38CaO6. The SMILES string of the molecule is CCCCCCCc1cc(O)cc(C(=O)O)c1.CCCCCCCc1cc([O-])cc(C(=O)[O-])c1.[Ca+2]. The molecule has 0 unspecified atom stereocenters. The largest absolute Gasteiger partial charge is 2.00 e. The number of carbonyl (C=O) groups is 2. The van der Waals surface area contributed by atoms with Gasteiger partial charge in [-0.3, -0.25) is 0 Å². The van der Waals surface area contributed by atoms with E-state index in [1.54, 1.807) is 12.1 Å². The van der Waals surface area contributed by atoms with Crippen molar-refractivity contribution in [3.8, 4) is 11.5 Å². The van der Waals surface area contributed by atoms with Gasteiger partial charge in [-0.15, -0.1) is 5.75 Å². The van der Waals surface area contributed by atoms with Crippen LogP contribution < -0.4 is 10.2 Å². The van der Waals surface area contributed by atoms with E-state index in [4.69, 9.17) is 5.11 Å². The molecule has 2 N–H and O–H groups in total. The second kappa shape index (κ2) is 19.4. The molecule has 0 amide bonds. The van der Waals surface area contributed by atoms with Crippen molar-refractivity contribution >= 4 is 49.7 Å². The third-order valence-electron chi connectivity index (χ3n) is 5.56. The average Bonchev–Trinajstić information content (AvgIpc) is 2.78. The molecule has 35 heavy (non-hydrogen) atoms. The van der Waals surface area contributed by atoms with E-state index < -0.39 is 11.9 Å². The first kappa shape index (κ1) is 33.2. The van der Waals surface area contributed by atoms with Crippen LogP contribution in [0.1, 0.15) is 110 Å². The van der Waals surface area contributed by atoms with Crippen LogP contribution in [-0.2, 0) is 12.8 Å². The van der Waals surface area contributed by atoms with Gasteiger partial charge in [0.2, 0.25) is 0 Å². The molecule has 0 aliphatic carbocycles. The van der Waals surface area contributed by atoms with Crippen molar-refractivity contribution < 1.29 is 30.0 Å². The number of benzene rings is 2. The van der Waals surface area contributed by atoms with E-state index in [-0.39, 0.29) is 60.4 Å². The quantitative estimate of drug-likeness (QED) is 0.277. The molecule has 0 spiro atoms. The molecule has 0 aromatic heterocycles. The summed E-state index contributed by atoms with van der Waals surface area (Å²) in [5.74, 6) is -2.49. The summed E-state index contributed by atoms with van der Waals surface area (Å²) in [5, 5.41) is 40.2. The van der Waals surface area contributed by atoms with Gasteiger partial charge in [0.25, 0.3) is 0 Å². The number of phenols is 1. The van der Waals surface area contributed by atoms with Gasteiger partial charge < -0.3 is 25.2 Å². The van der Waals surface area contributed by atoms with Gasteiger partial charge >= 0.3 is 43.7 Å². The smallest absolute Gasteiger partial charge is 0.872 e. The maximum Gasteiger partial charge on any atom is 2.00 e. The number of unbranched alkanes of at least 4 members (excludes halogenated alkanes) is 8. The van der Waals surface area contributed by atoms with Crippen LogP contribution in [0.3, 0.4) is 0 Å². The van der Waals surface area contributed by atoms with Crippen molar-refractivity contribution in [2.45, 2.75) is 90.9 Å². The summed E-state index contributed by atoms with van der Waals surface area (Å²) in [7, 11) is 0. The molecule has 0 fully saturated rings. The first-order valence-electron chi connectivity index (χ1n) is 12.3. The van der Waals surface area contributed by atoms with Crippen LogP contribution in [0.5, 0.6) is 11.5 Å². The molecule has 7 heteroatoms. The monoisotopic (exact) mass is 510 g/mol. The van der Waals surface area contributed by atoms with Gasteiger partial charge in [0.1, 0.15) is 5.75 Å². The van der Waals surface area contributed by atoms with Crippen LogP contribution >= 0.6 is 0 Å². The Labute approximate surface area is 239 Å². The van der Waals surface area contributed by atoms with E-state index >= 15 is 0 Å². The predicted octanol–water partition coefficient (Wildman–Crippen LogP) is 4.86. The minimum Gasteiger partial charge on any atom is -0.872 e. The summed E-state index contributed by atoms with van der Waals surface area (Å²) in [4.78, 5) is 21.5. The molecule has 0 aliphatic rings. The Morgan fingerprint density at radius 3 is 1.69 bits per heavy atom. The van der Waals surface area contributed by atoms with Crippen molar-refractivity contribution in [3.05, 3.63) is 58.7 Å². The van der Waals surface area contributed by atoms with E-state index in [0.29, 0.717) is 0 Å². The molecule has 2 aromatic rings. The van der Waals surface area contributed by atoms with Gasteiger partial charge in [-0.2, -0.15) is 0 Å². The van der Waals surface area contributed by atoms with E-state index in [1.165, 1.54) is 56.7 Å². The minimum atomic E-state index is -1.28. The van der Waals surface area contributed by atoms with Gasteiger partial charge in [0, 0.05) is 0 Å². The zero-order chi connectivity index (χ0) is 25.3. The number of carboxylic acids is 2. The first-order valence-corrected chi connectivity index (χ1v) is 12.3. The van der Waals surface area contributed by atoms with Crippen LogP contribution in [0.25, 0.3) is 0 Å². The number of hydrogen-bond donors (Lipinski definition) is 2. The summed E-state index contributed by atoms with van der Waals surface area (Å²) in [6, 6.07) is 8.72. The molecule has 6 nitrogen and oxygen atoms in total. The van der Waals surface area contributed by atoms with Crippen molar-refractivity contribution in [1.82, 2.24) is 0 Å². The Bertz CT molecular complexity index is 824. The fraction of sp³-hybridized carbons (Fsp3) is 0.500. The van der Waals surface area contributed by atoms with E-state index in [1.807, 2.05) is 0 Å². The first-order chi connectivity index (χ1) is 16.3. The second-order valence-corrected chi connectivity index (χ2v) is 8.67. The Morgan fingerprint density at radius 1 is 0.714 bits per heavy atom. The van der Waals surface area contributed by atoms with Crippen LogP contribution in [-0.4, -0.2) is 59.9 Å². The topological polar surface area (TPSA) is 121 Å². The van der Waals surface area contributed by atoms with Crippen molar-refractivity contribution in [2.24, 2.45) is 0 Å². The number of hydrogen-bond acceptors (Lipinski definition) is 5. The van der Waals surface area contributed by atoms with Gasteiger partial charge in [-0.25, -0.2) is 4.79 Å². The van der Waals surface area contributed by atoms with Crippen LogP contribution in [0.4, 0.5) is 0 Å². The number of aromatic carboxylic acids is 2. The number of carboxylic acid groups (broad SMARTS) is 2. The van der Waals surface area contributed by atoms with E-state index in [0.717, 1.165) is 55.7 Å². The molecule has 0 bridgehead atoms. The second-order valence-electron chi connectivity index (χ2n) is 8.67. The summed E-state index contributed by atoms with van der Waals surface area (Å²) < 4.78 is 0.